The summed E-state index contributed by atoms with van der Waals surface area (Å²) < 4.78 is 0. The average molecular weight is 513 g/mol. The molecule has 11 N–H and O–H groups in total. The van der Waals surface area contributed by atoms with Gasteiger partial charge in [-0.3, -0.25) is 24.2 Å². The highest BCUT2D eigenvalue weighted by Crippen LogP contribution is 2.20. The molecule has 0 aromatic carbocycles. The fourth-order valence-electron chi connectivity index (χ4n) is 3.91. The summed E-state index contributed by atoms with van der Waals surface area (Å²) in [6, 6.07) is -4.04. The molecular formula is C22H40N8O6. The van der Waals surface area contributed by atoms with E-state index in [0.29, 0.717) is 32.2 Å². The number of carboxylic acids is 1. The molecule has 14 nitrogen and oxygen atoms in total. The molecule has 1 rings (SSSR count). The number of rotatable bonds is 15. The maximum absolute atomic E-state index is 13.1. The van der Waals surface area contributed by atoms with Gasteiger partial charge in [-0.2, -0.15) is 0 Å². The highest BCUT2D eigenvalue weighted by molar-refractivity contribution is 5.94. The number of nitrogens with one attached hydrogen (secondary N) is 2. The molecule has 14 heteroatoms. The van der Waals surface area contributed by atoms with Crippen LogP contribution in [0.2, 0.25) is 0 Å². The van der Waals surface area contributed by atoms with E-state index in [1.807, 2.05) is 0 Å². The fraction of sp³-hybridized carbons (Fsp3) is 0.727. The summed E-state index contributed by atoms with van der Waals surface area (Å²) in [4.78, 5) is 66.8. The topological polar surface area (TPSA) is 249 Å². The SMILES string of the molecule is CC[C@H](C)[C@H](NC(=O)[C@H](CCCN=C(N)N)NC(=O)[C@@H]1CCCN1C(=O)[C@@H](N)CCC(N)=O)C(=O)O. The lowest BCUT2D eigenvalue weighted by Crippen LogP contribution is -2.57. The van der Waals surface area contributed by atoms with E-state index in [0.717, 1.165) is 0 Å². The first kappa shape index (κ1) is 30.6. The van der Waals surface area contributed by atoms with Crippen molar-refractivity contribution < 1.29 is 29.1 Å². The Labute approximate surface area is 210 Å². The summed E-state index contributed by atoms with van der Waals surface area (Å²) in [7, 11) is 0. The Morgan fingerprint density at radius 1 is 1.11 bits per heavy atom. The van der Waals surface area contributed by atoms with E-state index in [1.165, 1.54) is 4.90 Å². The average Bonchev–Trinajstić information content (AvgIpc) is 3.31. The smallest absolute Gasteiger partial charge is 0.326 e. The second kappa shape index (κ2) is 14.9. The molecule has 1 aliphatic heterocycles. The van der Waals surface area contributed by atoms with Crippen LogP contribution in [0, 0.1) is 5.92 Å². The third-order valence-electron chi connectivity index (χ3n) is 6.21. The van der Waals surface area contributed by atoms with Crippen LogP contribution in [-0.2, 0) is 24.0 Å². The Morgan fingerprint density at radius 2 is 1.78 bits per heavy atom. The lowest BCUT2D eigenvalue weighted by molar-refractivity contribution is -0.144. The third kappa shape index (κ3) is 9.68. The van der Waals surface area contributed by atoms with Crippen LogP contribution in [0.1, 0.15) is 58.8 Å². The maximum atomic E-state index is 13.1. The van der Waals surface area contributed by atoms with Gasteiger partial charge in [0.25, 0.3) is 0 Å². The van der Waals surface area contributed by atoms with Crippen LogP contribution < -0.4 is 33.6 Å². The number of carbonyl (C=O) groups is 5. The van der Waals surface area contributed by atoms with Crippen molar-refractivity contribution in [1.29, 1.82) is 0 Å². The van der Waals surface area contributed by atoms with Crippen molar-refractivity contribution in [2.24, 2.45) is 33.8 Å². The molecule has 0 aromatic heterocycles. The zero-order valence-corrected chi connectivity index (χ0v) is 20.9. The second-order valence-electron chi connectivity index (χ2n) is 9.02. The molecule has 0 spiro atoms. The number of primary amides is 1. The second-order valence-corrected chi connectivity index (χ2v) is 9.02. The van der Waals surface area contributed by atoms with Crippen molar-refractivity contribution in [3.8, 4) is 0 Å². The molecule has 1 heterocycles. The Hall–Kier alpha value is -3.42. The number of hydrogen-bond donors (Lipinski definition) is 7. The van der Waals surface area contributed by atoms with Crippen LogP contribution in [0.5, 0.6) is 0 Å². The van der Waals surface area contributed by atoms with Gasteiger partial charge in [0.2, 0.25) is 23.6 Å². The minimum absolute atomic E-state index is 0.0566. The number of aliphatic imine (C=N–C) groups is 1. The lowest BCUT2D eigenvalue weighted by atomic mass is 9.98. The van der Waals surface area contributed by atoms with E-state index in [9.17, 15) is 29.1 Å². The monoisotopic (exact) mass is 512 g/mol. The van der Waals surface area contributed by atoms with Gasteiger partial charge in [0.15, 0.2) is 5.96 Å². The summed E-state index contributed by atoms with van der Waals surface area (Å²) in [6.07, 6.45) is 1.92. The summed E-state index contributed by atoms with van der Waals surface area (Å²) in [5, 5.41) is 14.7. The molecule has 0 aromatic rings. The van der Waals surface area contributed by atoms with Crippen molar-refractivity contribution in [2.75, 3.05) is 13.1 Å². The number of carboxylic acid groups (broad SMARTS) is 1. The van der Waals surface area contributed by atoms with E-state index >= 15 is 0 Å². The van der Waals surface area contributed by atoms with Crippen molar-refractivity contribution >= 4 is 35.6 Å². The van der Waals surface area contributed by atoms with E-state index in [2.05, 4.69) is 15.6 Å². The van der Waals surface area contributed by atoms with Gasteiger partial charge in [-0.15, -0.1) is 0 Å². The molecule has 0 saturated carbocycles. The van der Waals surface area contributed by atoms with Gasteiger partial charge in [-0.05, 0) is 38.0 Å². The standard InChI is InChI=1S/C22H40N8O6/c1-3-12(2)17(21(35)36)29-18(32)14(6-4-10-27-22(25)26)28-19(33)15-7-5-11-30(15)20(34)13(23)8-9-16(24)31/h12-15,17H,3-11,23H2,1-2H3,(H2,24,31)(H,28,33)(H,29,32)(H,35,36)(H4,25,26,27)/t12-,13-,14-,15-,17-/m0/s1. The number of likely N-dealkylation sites (tertiary alicyclic amines) is 1. The van der Waals surface area contributed by atoms with Crippen molar-refractivity contribution in [3.05, 3.63) is 0 Å². The lowest BCUT2D eigenvalue weighted by Gasteiger charge is -2.29. The molecule has 5 atom stereocenters. The van der Waals surface area contributed by atoms with E-state index in [-0.39, 0.29) is 37.7 Å². The van der Waals surface area contributed by atoms with Crippen LogP contribution in [0.25, 0.3) is 0 Å². The largest absolute Gasteiger partial charge is 0.480 e. The van der Waals surface area contributed by atoms with Crippen molar-refractivity contribution in [2.45, 2.75) is 83.0 Å². The van der Waals surface area contributed by atoms with Gasteiger partial charge < -0.3 is 43.6 Å². The predicted octanol–water partition coefficient (Wildman–Crippen LogP) is -2.28. The first-order chi connectivity index (χ1) is 16.9. The van der Waals surface area contributed by atoms with Crippen LogP contribution in [-0.4, -0.2) is 82.8 Å². The predicted molar refractivity (Wildman–Crippen MR) is 132 cm³/mol. The van der Waals surface area contributed by atoms with Gasteiger partial charge >= 0.3 is 5.97 Å². The first-order valence-electron chi connectivity index (χ1n) is 12.1. The minimum atomic E-state index is -1.18. The molecule has 204 valence electrons. The molecule has 0 bridgehead atoms. The molecule has 1 fully saturated rings. The quantitative estimate of drug-likeness (QED) is 0.0708. The van der Waals surface area contributed by atoms with Gasteiger partial charge in [0, 0.05) is 19.5 Å². The van der Waals surface area contributed by atoms with Gasteiger partial charge in [0.05, 0.1) is 6.04 Å². The van der Waals surface area contributed by atoms with Crippen molar-refractivity contribution in [1.82, 2.24) is 15.5 Å². The molecule has 1 saturated heterocycles. The Balaban J connectivity index is 2.97. The first-order valence-corrected chi connectivity index (χ1v) is 12.1. The number of aliphatic carboxylic acids is 1. The van der Waals surface area contributed by atoms with Crippen LogP contribution in [0.3, 0.4) is 0 Å². The highest BCUT2D eigenvalue weighted by atomic mass is 16.4. The Kier molecular flexibility index (Phi) is 12.6. The Morgan fingerprint density at radius 3 is 2.33 bits per heavy atom. The number of nitrogens with zero attached hydrogens (tertiary/aromatic N) is 2. The van der Waals surface area contributed by atoms with Crippen molar-refractivity contribution in [3.63, 3.8) is 0 Å². The zero-order valence-electron chi connectivity index (χ0n) is 20.9. The number of guanidine groups is 1. The number of carbonyl (C=O) groups excluding carboxylic acids is 4. The summed E-state index contributed by atoms with van der Waals surface area (Å²) >= 11 is 0. The molecule has 1 aliphatic rings. The van der Waals surface area contributed by atoms with Crippen LogP contribution in [0.4, 0.5) is 0 Å². The number of amides is 4. The van der Waals surface area contributed by atoms with Crippen LogP contribution in [0.15, 0.2) is 4.99 Å². The molecule has 4 amide bonds. The third-order valence-corrected chi connectivity index (χ3v) is 6.21. The van der Waals surface area contributed by atoms with E-state index < -0.39 is 53.8 Å². The van der Waals surface area contributed by atoms with Gasteiger partial charge in [0.1, 0.15) is 18.1 Å². The Bertz CT molecular complexity index is 831. The normalized spacial score (nSPS) is 18.4. The van der Waals surface area contributed by atoms with E-state index in [1.54, 1.807) is 13.8 Å². The molecular weight excluding hydrogens is 472 g/mol. The zero-order chi connectivity index (χ0) is 27.4. The molecule has 36 heavy (non-hydrogen) atoms. The number of hydrogen-bond acceptors (Lipinski definition) is 7. The fourth-order valence-corrected chi connectivity index (χ4v) is 3.91. The highest BCUT2D eigenvalue weighted by Gasteiger charge is 2.38. The van der Waals surface area contributed by atoms with E-state index in [4.69, 9.17) is 22.9 Å². The molecule has 0 unspecified atom stereocenters. The molecule has 0 aliphatic carbocycles. The minimum Gasteiger partial charge on any atom is -0.480 e. The number of nitrogens with two attached hydrogens (primary N) is 4. The molecule has 0 radical (unpaired) electrons. The van der Waals surface area contributed by atoms with Gasteiger partial charge in [-0.1, -0.05) is 20.3 Å². The summed E-state index contributed by atoms with van der Waals surface area (Å²) in [6.45, 7) is 4.02. The summed E-state index contributed by atoms with van der Waals surface area (Å²) in [5.41, 5.74) is 21.7. The van der Waals surface area contributed by atoms with Gasteiger partial charge in [-0.25, -0.2) is 4.79 Å². The van der Waals surface area contributed by atoms with Crippen LogP contribution >= 0.6 is 0 Å². The maximum Gasteiger partial charge on any atom is 0.326 e. The summed E-state index contributed by atoms with van der Waals surface area (Å²) in [5.74, 6) is -3.91.